The number of alkyl halides is 1. The molecular formula is C15H26ClNO6P2. The van der Waals surface area contributed by atoms with E-state index in [-0.39, 0.29) is 32.8 Å². The molecule has 1 aromatic rings. The van der Waals surface area contributed by atoms with Gasteiger partial charge in [0.05, 0.1) is 26.4 Å². The van der Waals surface area contributed by atoms with Gasteiger partial charge in [0.2, 0.25) is 4.36 Å². The Morgan fingerprint density at radius 1 is 0.960 bits per heavy atom. The standard InChI is InChI=1S/C15H26ClNO6P2/c1-5-20-24(18,21-6-2)15(16,12-14-10-9-11-17-13-14)25(19,22-7-3)23-8-4/h9-11,13H,5-8,12H2,1-4H3. The van der Waals surface area contributed by atoms with Gasteiger partial charge in [0.1, 0.15) is 0 Å². The van der Waals surface area contributed by atoms with Gasteiger partial charge in [-0.2, -0.15) is 0 Å². The van der Waals surface area contributed by atoms with Crippen molar-refractivity contribution in [3.63, 3.8) is 0 Å². The molecule has 0 saturated carbocycles. The predicted molar refractivity (Wildman–Crippen MR) is 98.2 cm³/mol. The largest absolute Gasteiger partial charge is 0.364 e. The lowest BCUT2D eigenvalue weighted by molar-refractivity contribution is 0.189. The van der Waals surface area contributed by atoms with E-state index in [4.69, 9.17) is 29.7 Å². The molecule has 0 atom stereocenters. The summed E-state index contributed by atoms with van der Waals surface area (Å²) in [7, 11) is -8.13. The van der Waals surface area contributed by atoms with E-state index in [0.717, 1.165) is 0 Å². The molecule has 0 aliphatic rings. The van der Waals surface area contributed by atoms with Crippen LogP contribution in [0.2, 0.25) is 0 Å². The first kappa shape index (κ1) is 22.8. The van der Waals surface area contributed by atoms with Gasteiger partial charge in [0, 0.05) is 18.8 Å². The van der Waals surface area contributed by atoms with Crippen molar-refractivity contribution in [1.29, 1.82) is 0 Å². The summed E-state index contributed by atoms with van der Waals surface area (Å²) < 4.78 is 46.6. The van der Waals surface area contributed by atoms with Crippen LogP contribution in [0.4, 0.5) is 0 Å². The number of nitrogens with zero attached hydrogens (tertiary/aromatic N) is 1. The maximum Gasteiger partial charge on any atom is 0.364 e. The van der Waals surface area contributed by atoms with Crippen molar-refractivity contribution in [2.45, 2.75) is 38.5 Å². The second-order valence-corrected chi connectivity index (χ2v) is 11.0. The van der Waals surface area contributed by atoms with Crippen LogP contribution in [0.15, 0.2) is 24.5 Å². The smallest absolute Gasteiger partial charge is 0.307 e. The second-order valence-electron chi connectivity index (χ2n) is 4.92. The summed E-state index contributed by atoms with van der Waals surface area (Å²) in [5.41, 5.74) is 0.608. The number of rotatable bonds is 12. The van der Waals surface area contributed by atoms with Gasteiger partial charge in [0.15, 0.2) is 0 Å². The third kappa shape index (κ3) is 5.14. The molecule has 0 radical (unpaired) electrons. The van der Waals surface area contributed by atoms with Gasteiger partial charge in [-0.25, -0.2) is 0 Å². The molecule has 0 amide bonds. The molecule has 0 unspecified atom stereocenters. The van der Waals surface area contributed by atoms with E-state index in [2.05, 4.69) is 4.98 Å². The maximum atomic E-state index is 13.5. The maximum absolute atomic E-state index is 13.5. The first-order valence-electron chi connectivity index (χ1n) is 8.18. The molecule has 0 aromatic carbocycles. The van der Waals surface area contributed by atoms with Crippen LogP contribution < -0.4 is 0 Å². The van der Waals surface area contributed by atoms with Crippen LogP contribution in [0.25, 0.3) is 0 Å². The van der Waals surface area contributed by atoms with E-state index in [1.54, 1.807) is 52.2 Å². The van der Waals surface area contributed by atoms with E-state index < -0.39 is 19.5 Å². The number of hydrogen-bond acceptors (Lipinski definition) is 7. The van der Waals surface area contributed by atoms with Crippen LogP contribution in [-0.2, 0) is 33.6 Å². The molecule has 0 spiro atoms. The topological polar surface area (TPSA) is 84.0 Å². The average molecular weight is 414 g/mol. The molecule has 10 heteroatoms. The summed E-state index contributed by atoms with van der Waals surface area (Å²) >= 11 is 6.75. The normalized spacial score (nSPS) is 13.2. The minimum atomic E-state index is -4.06. The fourth-order valence-electron chi connectivity index (χ4n) is 2.26. The highest BCUT2D eigenvalue weighted by Crippen LogP contribution is 2.80. The summed E-state index contributed by atoms with van der Waals surface area (Å²) in [6, 6.07) is 3.43. The molecule has 25 heavy (non-hydrogen) atoms. The Kier molecular flexibility index (Phi) is 9.27. The van der Waals surface area contributed by atoms with Gasteiger partial charge >= 0.3 is 15.2 Å². The van der Waals surface area contributed by atoms with E-state index in [1.165, 1.54) is 0 Å². The molecule has 7 nitrogen and oxygen atoms in total. The van der Waals surface area contributed by atoms with Crippen molar-refractivity contribution in [1.82, 2.24) is 4.98 Å². The zero-order valence-corrected chi connectivity index (χ0v) is 17.6. The minimum absolute atomic E-state index is 0.0665. The first-order chi connectivity index (χ1) is 11.8. The highest BCUT2D eigenvalue weighted by atomic mass is 35.5. The Hall–Kier alpha value is -0.260. The Balaban J connectivity index is 3.52. The molecule has 144 valence electrons. The molecule has 0 aliphatic heterocycles. The highest BCUT2D eigenvalue weighted by Gasteiger charge is 2.64. The zero-order valence-electron chi connectivity index (χ0n) is 15.0. The molecule has 0 N–H and O–H groups in total. The van der Waals surface area contributed by atoms with Gasteiger partial charge in [-0.3, -0.25) is 14.1 Å². The van der Waals surface area contributed by atoms with Crippen LogP contribution in [-0.4, -0.2) is 35.8 Å². The number of pyridine rings is 1. The molecule has 1 heterocycles. The van der Waals surface area contributed by atoms with Crippen molar-refractivity contribution in [3.05, 3.63) is 30.1 Å². The Bertz CT molecular complexity index is 565. The third-order valence-corrected chi connectivity index (χ3v) is 10.4. The quantitative estimate of drug-likeness (QED) is 0.350. The molecule has 0 saturated heterocycles. The van der Waals surface area contributed by atoms with Crippen LogP contribution >= 0.6 is 26.8 Å². The monoisotopic (exact) mass is 413 g/mol. The van der Waals surface area contributed by atoms with E-state index in [0.29, 0.717) is 5.56 Å². The lowest BCUT2D eigenvalue weighted by Gasteiger charge is -2.37. The highest BCUT2D eigenvalue weighted by molar-refractivity contribution is 7.77. The van der Waals surface area contributed by atoms with Gasteiger partial charge in [-0.15, -0.1) is 0 Å². The van der Waals surface area contributed by atoms with Crippen LogP contribution in [0.1, 0.15) is 33.3 Å². The Morgan fingerprint density at radius 3 is 1.72 bits per heavy atom. The summed E-state index contributed by atoms with van der Waals surface area (Å²) in [6.07, 6.45) is 3.02. The fourth-order valence-corrected chi connectivity index (χ4v) is 7.94. The van der Waals surface area contributed by atoms with E-state index >= 15 is 0 Å². The molecule has 0 fully saturated rings. The summed E-state index contributed by atoms with van der Waals surface area (Å²) in [4.78, 5) is 4.02. The summed E-state index contributed by atoms with van der Waals surface area (Å²) in [6.45, 7) is 6.87. The minimum Gasteiger partial charge on any atom is -0.307 e. The number of halogens is 1. The van der Waals surface area contributed by atoms with Gasteiger partial charge < -0.3 is 18.1 Å². The van der Waals surface area contributed by atoms with Crippen molar-refractivity contribution < 1.29 is 27.2 Å². The van der Waals surface area contributed by atoms with Crippen LogP contribution in [0, 0.1) is 0 Å². The predicted octanol–water partition coefficient (Wildman–Crippen LogP) is 5.05. The first-order valence-corrected chi connectivity index (χ1v) is 11.6. The summed E-state index contributed by atoms with van der Waals surface area (Å²) in [5.74, 6) is 0. The lowest BCUT2D eigenvalue weighted by atomic mass is 10.2. The molecular weight excluding hydrogens is 388 g/mol. The molecule has 1 rings (SSSR count). The summed E-state index contributed by atoms with van der Waals surface area (Å²) in [5, 5.41) is 0. The number of aromatic nitrogens is 1. The third-order valence-electron chi connectivity index (χ3n) is 3.19. The fraction of sp³-hybridized carbons (Fsp3) is 0.667. The SMILES string of the molecule is CCOP(=O)(OCC)C(Cl)(Cc1cccnc1)P(=O)(OCC)OCC. The average Bonchev–Trinajstić information content (AvgIpc) is 2.56. The van der Waals surface area contributed by atoms with E-state index in [9.17, 15) is 9.13 Å². The molecule has 1 aromatic heterocycles. The van der Waals surface area contributed by atoms with Crippen molar-refractivity contribution in [2.24, 2.45) is 0 Å². The Morgan fingerprint density at radius 2 is 1.40 bits per heavy atom. The van der Waals surface area contributed by atoms with Gasteiger partial charge in [0.25, 0.3) is 0 Å². The van der Waals surface area contributed by atoms with Crippen molar-refractivity contribution in [3.8, 4) is 0 Å². The number of hydrogen-bond donors (Lipinski definition) is 0. The van der Waals surface area contributed by atoms with E-state index in [1.807, 2.05) is 0 Å². The molecule has 0 aliphatic carbocycles. The Labute approximate surface area is 154 Å². The zero-order chi connectivity index (χ0) is 19.0. The van der Waals surface area contributed by atoms with Crippen LogP contribution in [0.3, 0.4) is 0 Å². The van der Waals surface area contributed by atoms with Gasteiger partial charge in [-0.1, -0.05) is 17.7 Å². The lowest BCUT2D eigenvalue weighted by Crippen LogP contribution is -2.30. The van der Waals surface area contributed by atoms with Crippen molar-refractivity contribution in [2.75, 3.05) is 26.4 Å². The second kappa shape index (κ2) is 10.2. The molecule has 0 bridgehead atoms. The van der Waals surface area contributed by atoms with Crippen LogP contribution in [0.5, 0.6) is 0 Å². The van der Waals surface area contributed by atoms with Gasteiger partial charge in [-0.05, 0) is 39.3 Å². The van der Waals surface area contributed by atoms with Crippen molar-refractivity contribution >= 4 is 26.8 Å².